The largest absolute Gasteiger partial charge is 0.495 e. The molecule has 0 aliphatic rings. The number of fused-ring (bicyclic) bond motifs is 1. The SMILES string of the molecule is COc1cc(Cl)c(S(=O)(=O)Oc2cccc3ccc(C)nc23)cc1Cl. The number of para-hydroxylation sites is 1. The molecule has 0 N–H and O–H groups in total. The van der Waals surface area contributed by atoms with Gasteiger partial charge in [0, 0.05) is 17.1 Å². The predicted octanol–water partition coefficient (Wildman–Crippen LogP) is 4.63. The van der Waals surface area contributed by atoms with Crippen molar-refractivity contribution in [3.63, 3.8) is 0 Å². The molecule has 5 nitrogen and oxygen atoms in total. The van der Waals surface area contributed by atoms with Crippen LogP contribution >= 0.6 is 23.2 Å². The average molecular weight is 398 g/mol. The molecule has 3 rings (SSSR count). The van der Waals surface area contributed by atoms with Gasteiger partial charge in [-0.15, -0.1) is 0 Å². The summed E-state index contributed by atoms with van der Waals surface area (Å²) in [7, 11) is -2.80. The van der Waals surface area contributed by atoms with Crippen LogP contribution in [0.15, 0.2) is 47.4 Å². The number of halogens is 2. The summed E-state index contributed by atoms with van der Waals surface area (Å²) in [6.07, 6.45) is 0. The van der Waals surface area contributed by atoms with Gasteiger partial charge in [0.05, 0.1) is 17.2 Å². The summed E-state index contributed by atoms with van der Waals surface area (Å²) in [6, 6.07) is 11.2. The molecule has 0 bridgehead atoms. The third-order valence-corrected chi connectivity index (χ3v) is 5.49. The van der Waals surface area contributed by atoms with E-state index in [0.29, 0.717) is 5.52 Å². The van der Waals surface area contributed by atoms with Crippen LogP contribution in [0.5, 0.6) is 11.5 Å². The van der Waals surface area contributed by atoms with Crippen molar-refractivity contribution in [1.82, 2.24) is 4.98 Å². The van der Waals surface area contributed by atoms with Crippen LogP contribution in [0.3, 0.4) is 0 Å². The fourth-order valence-electron chi connectivity index (χ4n) is 2.31. The highest BCUT2D eigenvalue weighted by molar-refractivity contribution is 7.87. The Balaban J connectivity index is 2.09. The van der Waals surface area contributed by atoms with Crippen LogP contribution in [0.25, 0.3) is 10.9 Å². The zero-order valence-corrected chi connectivity index (χ0v) is 15.6. The fourth-order valence-corrected chi connectivity index (χ4v) is 4.07. The number of aromatic nitrogens is 1. The van der Waals surface area contributed by atoms with Crippen molar-refractivity contribution < 1.29 is 17.3 Å². The van der Waals surface area contributed by atoms with Crippen LogP contribution in [-0.2, 0) is 10.1 Å². The topological polar surface area (TPSA) is 65.5 Å². The number of pyridine rings is 1. The molecule has 0 aliphatic heterocycles. The number of rotatable bonds is 4. The lowest BCUT2D eigenvalue weighted by Crippen LogP contribution is -2.11. The van der Waals surface area contributed by atoms with Crippen molar-refractivity contribution in [3.05, 3.63) is 58.2 Å². The van der Waals surface area contributed by atoms with E-state index in [4.69, 9.17) is 32.1 Å². The van der Waals surface area contributed by atoms with Crippen molar-refractivity contribution in [1.29, 1.82) is 0 Å². The van der Waals surface area contributed by atoms with Gasteiger partial charge in [-0.25, -0.2) is 4.98 Å². The first-order valence-electron chi connectivity index (χ1n) is 7.16. The number of hydrogen-bond donors (Lipinski definition) is 0. The van der Waals surface area contributed by atoms with E-state index in [9.17, 15) is 8.42 Å². The first-order valence-corrected chi connectivity index (χ1v) is 9.32. The van der Waals surface area contributed by atoms with E-state index in [-0.39, 0.29) is 26.4 Å². The molecule has 25 heavy (non-hydrogen) atoms. The van der Waals surface area contributed by atoms with Crippen LogP contribution in [0.1, 0.15) is 5.69 Å². The Labute approximate surface area is 155 Å². The minimum absolute atomic E-state index is 0.0503. The molecule has 0 spiro atoms. The summed E-state index contributed by atoms with van der Waals surface area (Å²) in [5.74, 6) is 0.386. The lowest BCUT2D eigenvalue weighted by molar-refractivity contribution is 0.414. The third-order valence-electron chi connectivity index (χ3n) is 3.50. The van der Waals surface area contributed by atoms with E-state index in [2.05, 4.69) is 4.98 Å². The van der Waals surface area contributed by atoms with Crippen molar-refractivity contribution in [2.24, 2.45) is 0 Å². The number of hydrogen-bond acceptors (Lipinski definition) is 5. The molecule has 0 atom stereocenters. The molecule has 1 heterocycles. The Morgan fingerprint density at radius 3 is 2.48 bits per heavy atom. The highest BCUT2D eigenvalue weighted by Crippen LogP contribution is 2.35. The van der Waals surface area contributed by atoms with Gasteiger partial charge in [0.2, 0.25) is 0 Å². The van der Waals surface area contributed by atoms with Gasteiger partial charge in [0.25, 0.3) is 0 Å². The predicted molar refractivity (Wildman–Crippen MR) is 97.3 cm³/mol. The van der Waals surface area contributed by atoms with E-state index < -0.39 is 10.1 Å². The number of aryl methyl sites for hydroxylation is 1. The fraction of sp³-hybridized carbons (Fsp3) is 0.118. The Morgan fingerprint density at radius 2 is 1.76 bits per heavy atom. The zero-order chi connectivity index (χ0) is 18.2. The minimum Gasteiger partial charge on any atom is -0.495 e. The van der Waals surface area contributed by atoms with Crippen LogP contribution in [0.4, 0.5) is 0 Å². The lowest BCUT2D eigenvalue weighted by Gasteiger charge is -2.12. The molecule has 2 aromatic carbocycles. The average Bonchev–Trinajstić information content (AvgIpc) is 2.56. The molecule has 0 unspecified atom stereocenters. The van der Waals surface area contributed by atoms with E-state index >= 15 is 0 Å². The molecular formula is C17H13Cl2NO4S. The highest BCUT2D eigenvalue weighted by Gasteiger charge is 2.24. The van der Waals surface area contributed by atoms with Crippen molar-refractivity contribution in [2.45, 2.75) is 11.8 Å². The van der Waals surface area contributed by atoms with Crippen LogP contribution < -0.4 is 8.92 Å². The van der Waals surface area contributed by atoms with Crippen molar-refractivity contribution in [3.8, 4) is 11.5 Å². The number of methoxy groups -OCH3 is 1. The molecule has 0 saturated heterocycles. The van der Waals surface area contributed by atoms with Gasteiger partial charge in [0.1, 0.15) is 16.2 Å². The van der Waals surface area contributed by atoms with Gasteiger partial charge >= 0.3 is 10.1 Å². The van der Waals surface area contributed by atoms with Crippen molar-refractivity contribution in [2.75, 3.05) is 7.11 Å². The normalized spacial score (nSPS) is 11.5. The molecule has 0 radical (unpaired) electrons. The highest BCUT2D eigenvalue weighted by atomic mass is 35.5. The standard InChI is InChI=1S/C17H13Cl2NO4S/c1-10-6-7-11-4-3-5-14(17(11)20-10)24-25(21,22)16-9-12(18)15(23-2)8-13(16)19/h3-9H,1-2H3. The van der Waals surface area contributed by atoms with Gasteiger partial charge in [-0.3, -0.25) is 0 Å². The van der Waals surface area contributed by atoms with E-state index in [0.717, 1.165) is 11.1 Å². The second-order valence-corrected chi connectivity index (χ2v) is 7.56. The molecule has 0 saturated carbocycles. The van der Waals surface area contributed by atoms with E-state index in [1.807, 2.05) is 25.1 Å². The van der Waals surface area contributed by atoms with Gasteiger partial charge in [-0.05, 0) is 25.1 Å². The van der Waals surface area contributed by atoms with Gasteiger partial charge in [-0.1, -0.05) is 41.4 Å². The quantitative estimate of drug-likeness (QED) is 0.600. The lowest BCUT2D eigenvalue weighted by atomic mass is 10.2. The first-order chi connectivity index (χ1) is 11.8. The van der Waals surface area contributed by atoms with E-state index in [1.54, 1.807) is 6.07 Å². The molecule has 130 valence electrons. The summed E-state index contributed by atoms with van der Waals surface area (Å²) in [5, 5.41) is 0.823. The summed E-state index contributed by atoms with van der Waals surface area (Å²) in [6.45, 7) is 1.81. The maximum Gasteiger partial charge on any atom is 0.340 e. The molecule has 0 amide bonds. The number of ether oxygens (including phenoxy) is 1. The summed E-state index contributed by atoms with van der Waals surface area (Å²) in [5.41, 5.74) is 1.19. The number of benzene rings is 2. The molecular weight excluding hydrogens is 385 g/mol. The third kappa shape index (κ3) is 3.51. The van der Waals surface area contributed by atoms with Crippen LogP contribution in [0.2, 0.25) is 10.0 Å². The summed E-state index contributed by atoms with van der Waals surface area (Å²) in [4.78, 5) is 4.11. The first kappa shape index (κ1) is 17.8. The molecule has 0 aliphatic carbocycles. The van der Waals surface area contributed by atoms with Crippen LogP contribution in [0, 0.1) is 6.92 Å². The zero-order valence-electron chi connectivity index (χ0n) is 13.3. The second kappa shape index (κ2) is 6.71. The molecule has 3 aromatic rings. The minimum atomic E-state index is -4.21. The van der Waals surface area contributed by atoms with Crippen LogP contribution in [-0.4, -0.2) is 20.5 Å². The number of nitrogens with zero attached hydrogens (tertiary/aromatic N) is 1. The smallest absolute Gasteiger partial charge is 0.340 e. The van der Waals surface area contributed by atoms with Gasteiger partial charge in [-0.2, -0.15) is 8.42 Å². The Kier molecular flexibility index (Phi) is 4.77. The summed E-state index contributed by atoms with van der Waals surface area (Å²) >= 11 is 12.1. The molecule has 0 fully saturated rings. The second-order valence-electron chi connectivity index (χ2n) is 5.24. The Bertz CT molecular complexity index is 1070. The maximum absolute atomic E-state index is 12.7. The summed E-state index contributed by atoms with van der Waals surface area (Å²) < 4.78 is 35.6. The maximum atomic E-state index is 12.7. The monoisotopic (exact) mass is 397 g/mol. The Morgan fingerprint density at radius 1 is 1.00 bits per heavy atom. The van der Waals surface area contributed by atoms with E-state index in [1.165, 1.54) is 25.3 Å². The van der Waals surface area contributed by atoms with Gasteiger partial charge in [0.15, 0.2) is 5.75 Å². The molecule has 8 heteroatoms. The van der Waals surface area contributed by atoms with Gasteiger partial charge < -0.3 is 8.92 Å². The van der Waals surface area contributed by atoms with Crippen molar-refractivity contribution >= 4 is 44.2 Å². The molecule has 1 aromatic heterocycles. The Hall–Kier alpha value is -2.02.